The fraction of sp³-hybridized carbons (Fsp3) is 0.111. The van der Waals surface area contributed by atoms with Crippen LogP contribution in [-0.4, -0.2) is 24.6 Å². The average Bonchev–Trinajstić information content (AvgIpc) is 3.27. The Morgan fingerprint density at radius 2 is 2.07 bits per heavy atom. The molecule has 0 aliphatic heterocycles. The standard InChI is InChI=1S/C18H12F2N2O4S/c1-24-22-16(23)11-8-27-17(21-11)10-6-7-13(26-18(19)20)15-14(10)9-4-2-3-5-12(9)25-15/h2-8,18H,1H3,(H,22,23). The van der Waals surface area contributed by atoms with E-state index in [0.717, 1.165) is 5.39 Å². The Bertz CT molecular complexity index is 1140. The minimum absolute atomic E-state index is 0.0612. The Hall–Kier alpha value is -3.04. The molecule has 1 N–H and O–H groups in total. The van der Waals surface area contributed by atoms with Crippen molar-refractivity contribution in [2.75, 3.05) is 7.11 Å². The van der Waals surface area contributed by atoms with Crippen molar-refractivity contribution in [3.05, 3.63) is 47.5 Å². The number of carbonyl (C=O) groups is 1. The highest BCUT2D eigenvalue weighted by Gasteiger charge is 2.21. The van der Waals surface area contributed by atoms with Crippen molar-refractivity contribution in [1.82, 2.24) is 10.5 Å². The van der Waals surface area contributed by atoms with Crippen molar-refractivity contribution >= 4 is 39.2 Å². The van der Waals surface area contributed by atoms with Crippen molar-refractivity contribution in [2.24, 2.45) is 0 Å². The molecule has 0 saturated heterocycles. The van der Waals surface area contributed by atoms with Crippen molar-refractivity contribution in [2.45, 2.75) is 6.61 Å². The number of fused-ring (bicyclic) bond motifs is 3. The third-order valence-electron chi connectivity index (χ3n) is 3.87. The van der Waals surface area contributed by atoms with Gasteiger partial charge in [0.05, 0.1) is 7.11 Å². The Morgan fingerprint density at radius 3 is 2.85 bits per heavy atom. The van der Waals surface area contributed by atoms with Crippen LogP contribution in [0.25, 0.3) is 32.5 Å². The van der Waals surface area contributed by atoms with Gasteiger partial charge in [0.25, 0.3) is 5.91 Å². The lowest BCUT2D eigenvalue weighted by molar-refractivity contribution is -0.0493. The first-order chi connectivity index (χ1) is 13.1. The van der Waals surface area contributed by atoms with Gasteiger partial charge in [-0.25, -0.2) is 10.5 Å². The molecule has 27 heavy (non-hydrogen) atoms. The average molecular weight is 390 g/mol. The van der Waals surface area contributed by atoms with Crippen LogP contribution in [0.2, 0.25) is 0 Å². The number of amides is 1. The summed E-state index contributed by atoms with van der Waals surface area (Å²) in [4.78, 5) is 20.8. The quantitative estimate of drug-likeness (QED) is 0.504. The summed E-state index contributed by atoms with van der Waals surface area (Å²) in [7, 11) is 1.33. The van der Waals surface area contributed by atoms with Crippen LogP contribution in [0.3, 0.4) is 0 Å². The number of carbonyl (C=O) groups excluding carboxylic acids is 1. The molecule has 4 rings (SSSR count). The van der Waals surface area contributed by atoms with Gasteiger partial charge in [0.1, 0.15) is 16.3 Å². The minimum atomic E-state index is -2.98. The summed E-state index contributed by atoms with van der Waals surface area (Å²) >= 11 is 1.25. The topological polar surface area (TPSA) is 73.6 Å². The van der Waals surface area contributed by atoms with Gasteiger partial charge in [0.15, 0.2) is 11.3 Å². The summed E-state index contributed by atoms with van der Waals surface area (Å²) in [5.74, 6) is -0.542. The molecular weight excluding hydrogens is 378 g/mol. The second kappa shape index (κ2) is 6.93. The summed E-state index contributed by atoms with van der Waals surface area (Å²) in [5, 5.41) is 3.45. The maximum absolute atomic E-state index is 12.8. The fourth-order valence-corrected chi connectivity index (χ4v) is 3.65. The molecule has 0 fully saturated rings. The molecule has 4 aromatic rings. The molecule has 9 heteroatoms. The zero-order valence-electron chi connectivity index (χ0n) is 13.9. The predicted molar refractivity (Wildman–Crippen MR) is 95.9 cm³/mol. The summed E-state index contributed by atoms with van der Waals surface area (Å²) in [5.41, 5.74) is 3.78. The molecule has 0 aliphatic rings. The van der Waals surface area contributed by atoms with Gasteiger partial charge in [-0.05, 0) is 18.2 Å². The van der Waals surface area contributed by atoms with E-state index in [1.165, 1.54) is 24.5 Å². The van der Waals surface area contributed by atoms with Crippen LogP contribution in [0.4, 0.5) is 8.78 Å². The molecule has 0 bridgehead atoms. The number of nitrogens with one attached hydrogen (secondary N) is 1. The van der Waals surface area contributed by atoms with Gasteiger partial charge in [0, 0.05) is 21.7 Å². The number of rotatable bonds is 5. The van der Waals surface area contributed by atoms with Gasteiger partial charge < -0.3 is 9.15 Å². The van der Waals surface area contributed by atoms with Crippen LogP contribution in [0.5, 0.6) is 5.75 Å². The van der Waals surface area contributed by atoms with E-state index < -0.39 is 12.5 Å². The van der Waals surface area contributed by atoms with Crippen molar-refractivity contribution in [1.29, 1.82) is 0 Å². The highest BCUT2D eigenvalue weighted by atomic mass is 32.1. The maximum atomic E-state index is 12.8. The molecule has 2 aromatic heterocycles. The number of ether oxygens (including phenoxy) is 1. The van der Waals surface area contributed by atoms with Crippen LogP contribution in [-0.2, 0) is 4.84 Å². The van der Waals surface area contributed by atoms with Crippen LogP contribution in [0, 0.1) is 0 Å². The molecular formula is C18H12F2N2O4S. The maximum Gasteiger partial charge on any atom is 0.387 e. The number of hydroxylamine groups is 1. The highest BCUT2D eigenvalue weighted by molar-refractivity contribution is 7.13. The molecule has 0 aliphatic carbocycles. The number of alkyl halides is 2. The Labute approximate surface area is 155 Å². The number of benzene rings is 2. The largest absolute Gasteiger partial charge is 0.452 e. The number of para-hydroxylation sites is 1. The molecule has 0 radical (unpaired) electrons. The molecule has 2 aromatic carbocycles. The number of halogens is 2. The Balaban J connectivity index is 1.92. The lowest BCUT2D eigenvalue weighted by Crippen LogP contribution is -2.21. The fourth-order valence-electron chi connectivity index (χ4n) is 2.82. The molecule has 0 spiro atoms. The highest BCUT2D eigenvalue weighted by Crippen LogP contribution is 2.42. The second-order valence-electron chi connectivity index (χ2n) is 5.47. The van der Waals surface area contributed by atoms with Gasteiger partial charge in [0.2, 0.25) is 0 Å². The first kappa shape index (κ1) is 17.4. The zero-order valence-corrected chi connectivity index (χ0v) is 14.7. The van der Waals surface area contributed by atoms with Gasteiger partial charge in [-0.2, -0.15) is 8.78 Å². The monoisotopic (exact) mass is 390 g/mol. The van der Waals surface area contributed by atoms with Gasteiger partial charge >= 0.3 is 6.61 Å². The summed E-state index contributed by atoms with van der Waals surface area (Å²) < 4.78 is 35.9. The molecule has 138 valence electrons. The van der Waals surface area contributed by atoms with Crippen LogP contribution in [0.15, 0.2) is 46.2 Å². The van der Waals surface area contributed by atoms with Gasteiger partial charge in [-0.1, -0.05) is 18.2 Å². The Kier molecular flexibility index (Phi) is 4.46. The third kappa shape index (κ3) is 3.11. The van der Waals surface area contributed by atoms with Crippen molar-refractivity contribution in [3.8, 4) is 16.3 Å². The molecule has 6 nitrogen and oxygen atoms in total. The first-order valence-electron chi connectivity index (χ1n) is 7.76. The normalized spacial score (nSPS) is 11.4. The van der Waals surface area contributed by atoms with E-state index in [1.54, 1.807) is 23.6 Å². The lowest BCUT2D eigenvalue weighted by Gasteiger charge is -2.07. The molecule has 0 unspecified atom stereocenters. The van der Waals surface area contributed by atoms with E-state index in [4.69, 9.17) is 4.42 Å². The van der Waals surface area contributed by atoms with E-state index in [9.17, 15) is 13.6 Å². The van der Waals surface area contributed by atoms with Gasteiger partial charge in [-0.3, -0.25) is 9.63 Å². The van der Waals surface area contributed by atoms with Crippen LogP contribution < -0.4 is 10.2 Å². The number of hydrogen-bond donors (Lipinski definition) is 1. The lowest BCUT2D eigenvalue weighted by atomic mass is 10.1. The van der Waals surface area contributed by atoms with Crippen molar-refractivity contribution < 1.29 is 27.6 Å². The second-order valence-corrected chi connectivity index (χ2v) is 6.32. The number of furan rings is 1. The van der Waals surface area contributed by atoms with E-state index in [0.29, 0.717) is 21.5 Å². The molecule has 1 amide bonds. The zero-order chi connectivity index (χ0) is 19.0. The van der Waals surface area contributed by atoms with Crippen molar-refractivity contribution in [3.63, 3.8) is 0 Å². The molecule has 2 heterocycles. The number of nitrogens with zero attached hydrogens (tertiary/aromatic N) is 1. The van der Waals surface area contributed by atoms with E-state index >= 15 is 0 Å². The van der Waals surface area contributed by atoms with Crippen LogP contribution in [0.1, 0.15) is 10.5 Å². The van der Waals surface area contributed by atoms with E-state index in [-0.39, 0.29) is 17.0 Å². The summed E-state index contributed by atoms with van der Waals surface area (Å²) in [6.45, 7) is -2.98. The molecule has 0 atom stereocenters. The number of hydrogen-bond acceptors (Lipinski definition) is 6. The minimum Gasteiger partial charge on any atom is -0.452 e. The van der Waals surface area contributed by atoms with Gasteiger partial charge in [-0.15, -0.1) is 11.3 Å². The molecule has 0 saturated carbocycles. The Morgan fingerprint density at radius 1 is 1.26 bits per heavy atom. The van der Waals surface area contributed by atoms with E-state index in [1.807, 2.05) is 12.1 Å². The SMILES string of the molecule is CONC(=O)c1csc(-c2ccc(OC(F)F)c3oc4ccccc4c23)n1. The smallest absolute Gasteiger partial charge is 0.387 e. The number of thiazole rings is 1. The number of aromatic nitrogens is 1. The van der Waals surface area contributed by atoms with Crippen LogP contribution >= 0.6 is 11.3 Å². The summed E-state index contributed by atoms with van der Waals surface area (Å²) in [6, 6.07) is 10.2. The predicted octanol–water partition coefficient (Wildman–Crippen LogP) is 4.60. The van der Waals surface area contributed by atoms with E-state index in [2.05, 4.69) is 20.0 Å². The third-order valence-corrected chi connectivity index (χ3v) is 4.74. The first-order valence-corrected chi connectivity index (χ1v) is 8.64. The summed E-state index contributed by atoms with van der Waals surface area (Å²) in [6.07, 6.45) is 0.